The zero-order valence-electron chi connectivity index (χ0n) is 8.95. The van der Waals surface area contributed by atoms with Gasteiger partial charge in [0.25, 0.3) is 0 Å². The maximum atomic E-state index is 5.39. The SMILES string of the molecule is CC(CC1CN(C)CCN1C)NN. The molecular weight excluding hydrogens is 164 g/mol. The third-order valence-electron chi connectivity index (χ3n) is 2.89. The standard InChI is InChI=1S/C9H22N4/c1-8(11-10)6-9-7-12(2)4-5-13(9)3/h8-9,11H,4-7,10H2,1-3H3. The minimum absolute atomic E-state index is 0.402. The zero-order chi connectivity index (χ0) is 9.84. The molecule has 0 aromatic carbocycles. The van der Waals surface area contributed by atoms with Crippen LogP contribution in [0.5, 0.6) is 0 Å². The van der Waals surface area contributed by atoms with Crippen molar-refractivity contribution in [1.29, 1.82) is 0 Å². The molecule has 78 valence electrons. The van der Waals surface area contributed by atoms with E-state index in [9.17, 15) is 0 Å². The number of nitrogens with zero attached hydrogens (tertiary/aromatic N) is 2. The lowest BCUT2D eigenvalue weighted by atomic mass is 10.1. The Bertz CT molecular complexity index is 151. The van der Waals surface area contributed by atoms with Crippen LogP contribution in [-0.4, -0.2) is 55.6 Å². The van der Waals surface area contributed by atoms with E-state index in [4.69, 9.17) is 5.84 Å². The van der Waals surface area contributed by atoms with Gasteiger partial charge in [0.1, 0.15) is 0 Å². The second kappa shape index (κ2) is 4.91. The fourth-order valence-electron chi connectivity index (χ4n) is 1.83. The van der Waals surface area contributed by atoms with Gasteiger partial charge in [0.05, 0.1) is 0 Å². The van der Waals surface area contributed by atoms with E-state index >= 15 is 0 Å². The van der Waals surface area contributed by atoms with Gasteiger partial charge in [-0.05, 0) is 27.4 Å². The molecule has 1 rings (SSSR count). The van der Waals surface area contributed by atoms with Crippen molar-refractivity contribution in [2.45, 2.75) is 25.4 Å². The summed E-state index contributed by atoms with van der Waals surface area (Å²) >= 11 is 0. The molecule has 1 heterocycles. The van der Waals surface area contributed by atoms with Gasteiger partial charge in [-0.15, -0.1) is 0 Å². The number of likely N-dealkylation sites (N-methyl/N-ethyl adjacent to an activating group) is 2. The van der Waals surface area contributed by atoms with E-state index in [0.717, 1.165) is 13.0 Å². The minimum atomic E-state index is 0.402. The topological polar surface area (TPSA) is 44.5 Å². The molecule has 1 saturated heterocycles. The highest BCUT2D eigenvalue weighted by molar-refractivity contribution is 4.81. The molecule has 0 saturated carbocycles. The first-order valence-electron chi connectivity index (χ1n) is 4.98. The Balaban J connectivity index is 2.37. The molecule has 0 aromatic rings. The van der Waals surface area contributed by atoms with Crippen molar-refractivity contribution in [2.75, 3.05) is 33.7 Å². The summed E-state index contributed by atoms with van der Waals surface area (Å²) in [6, 6.07) is 1.05. The maximum absolute atomic E-state index is 5.39. The Morgan fingerprint density at radius 3 is 2.77 bits per heavy atom. The molecule has 1 aliphatic heterocycles. The number of hydrogen-bond acceptors (Lipinski definition) is 4. The lowest BCUT2D eigenvalue weighted by molar-refractivity contribution is 0.102. The summed E-state index contributed by atoms with van der Waals surface area (Å²) in [5, 5.41) is 0. The van der Waals surface area contributed by atoms with Crippen molar-refractivity contribution in [2.24, 2.45) is 5.84 Å². The summed E-state index contributed by atoms with van der Waals surface area (Å²) in [4.78, 5) is 4.81. The van der Waals surface area contributed by atoms with Crippen LogP contribution in [0.15, 0.2) is 0 Å². The molecule has 13 heavy (non-hydrogen) atoms. The van der Waals surface area contributed by atoms with Gasteiger partial charge < -0.3 is 9.80 Å². The van der Waals surface area contributed by atoms with Crippen molar-refractivity contribution >= 4 is 0 Å². The first kappa shape index (κ1) is 10.9. The number of piperazine rings is 1. The van der Waals surface area contributed by atoms with E-state index in [1.165, 1.54) is 13.1 Å². The predicted octanol–water partition coefficient (Wildman–Crippen LogP) is -0.526. The van der Waals surface area contributed by atoms with Gasteiger partial charge in [-0.2, -0.15) is 0 Å². The van der Waals surface area contributed by atoms with Crippen LogP contribution in [0, 0.1) is 0 Å². The molecule has 0 bridgehead atoms. The normalized spacial score (nSPS) is 29.1. The Morgan fingerprint density at radius 1 is 1.46 bits per heavy atom. The maximum Gasteiger partial charge on any atom is 0.0235 e. The fraction of sp³-hybridized carbons (Fsp3) is 1.00. The van der Waals surface area contributed by atoms with Crippen LogP contribution >= 0.6 is 0 Å². The highest BCUT2D eigenvalue weighted by Crippen LogP contribution is 2.10. The second-order valence-corrected chi connectivity index (χ2v) is 4.20. The molecule has 0 spiro atoms. The van der Waals surface area contributed by atoms with Crippen molar-refractivity contribution in [3.63, 3.8) is 0 Å². The van der Waals surface area contributed by atoms with Crippen LogP contribution in [0.4, 0.5) is 0 Å². The number of nitrogens with one attached hydrogen (secondary N) is 1. The van der Waals surface area contributed by atoms with Crippen LogP contribution in [0.1, 0.15) is 13.3 Å². The van der Waals surface area contributed by atoms with Gasteiger partial charge in [0.2, 0.25) is 0 Å². The summed E-state index contributed by atoms with van der Waals surface area (Å²) in [5.41, 5.74) is 2.80. The first-order valence-corrected chi connectivity index (χ1v) is 4.98. The predicted molar refractivity (Wildman–Crippen MR) is 55.3 cm³/mol. The molecule has 1 fully saturated rings. The monoisotopic (exact) mass is 186 g/mol. The second-order valence-electron chi connectivity index (χ2n) is 4.20. The third kappa shape index (κ3) is 3.23. The summed E-state index contributed by atoms with van der Waals surface area (Å²) in [7, 11) is 4.38. The van der Waals surface area contributed by atoms with Crippen molar-refractivity contribution < 1.29 is 0 Å². The summed E-state index contributed by atoms with van der Waals surface area (Å²) in [5.74, 6) is 5.39. The van der Waals surface area contributed by atoms with Crippen LogP contribution in [-0.2, 0) is 0 Å². The lowest BCUT2D eigenvalue weighted by Gasteiger charge is -2.38. The Morgan fingerprint density at radius 2 is 2.15 bits per heavy atom. The minimum Gasteiger partial charge on any atom is -0.304 e. The van der Waals surface area contributed by atoms with Crippen molar-refractivity contribution in [3.8, 4) is 0 Å². The largest absolute Gasteiger partial charge is 0.304 e. The molecule has 2 unspecified atom stereocenters. The van der Waals surface area contributed by atoms with Crippen LogP contribution in [0.3, 0.4) is 0 Å². The number of nitrogens with two attached hydrogens (primary N) is 1. The number of hydrazine groups is 1. The van der Waals surface area contributed by atoms with Crippen molar-refractivity contribution in [3.05, 3.63) is 0 Å². The molecule has 4 heteroatoms. The zero-order valence-corrected chi connectivity index (χ0v) is 8.95. The van der Waals surface area contributed by atoms with E-state index in [1.807, 2.05) is 0 Å². The third-order valence-corrected chi connectivity index (χ3v) is 2.89. The van der Waals surface area contributed by atoms with Crippen LogP contribution < -0.4 is 11.3 Å². The number of hydrogen-bond donors (Lipinski definition) is 2. The lowest BCUT2D eigenvalue weighted by Crippen LogP contribution is -2.52. The van der Waals surface area contributed by atoms with Crippen LogP contribution in [0.25, 0.3) is 0 Å². The molecule has 3 N–H and O–H groups in total. The molecule has 0 aliphatic carbocycles. The van der Waals surface area contributed by atoms with Gasteiger partial charge in [0.15, 0.2) is 0 Å². The summed E-state index contributed by atoms with van der Waals surface area (Å²) < 4.78 is 0. The molecule has 1 aliphatic rings. The van der Waals surface area contributed by atoms with Gasteiger partial charge in [0, 0.05) is 31.7 Å². The Hall–Kier alpha value is -0.160. The molecular formula is C9H22N4. The number of rotatable bonds is 3. The van der Waals surface area contributed by atoms with E-state index in [-0.39, 0.29) is 0 Å². The summed E-state index contributed by atoms with van der Waals surface area (Å²) in [6.45, 7) is 5.63. The Labute approximate surface area is 81.0 Å². The molecule has 0 radical (unpaired) electrons. The fourth-order valence-corrected chi connectivity index (χ4v) is 1.83. The molecule has 0 amide bonds. The molecule has 0 aromatic heterocycles. The van der Waals surface area contributed by atoms with E-state index in [0.29, 0.717) is 12.1 Å². The quantitative estimate of drug-likeness (QED) is 0.459. The van der Waals surface area contributed by atoms with Gasteiger partial charge in [-0.1, -0.05) is 0 Å². The first-order chi connectivity index (χ1) is 6.13. The molecule has 4 nitrogen and oxygen atoms in total. The van der Waals surface area contributed by atoms with E-state index in [2.05, 4.69) is 36.2 Å². The average molecular weight is 186 g/mol. The highest BCUT2D eigenvalue weighted by Gasteiger charge is 2.23. The van der Waals surface area contributed by atoms with Gasteiger partial charge >= 0.3 is 0 Å². The van der Waals surface area contributed by atoms with E-state index in [1.54, 1.807) is 0 Å². The summed E-state index contributed by atoms with van der Waals surface area (Å²) in [6.07, 6.45) is 1.12. The van der Waals surface area contributed by atoms with Crippen molar-refractivity contribution in [1.82, 2.24) is 15.2 Å². The molecule has 2 atom stereocenters. The highest BCUT2D eigenvalue weighted by atomic mass is 15.3. The smallest absolute Gasteiger partial charge is 0.0235 e. The Kier molecular flexibility index (Phi) is 4.12. The van der Waals surface area contributed by atoms with Crippen LogP contribution in [0.2, 0.25) is 0 Å². The average Bonchev–Trinajstić information content (AvgIpc) is 2.11. The van der Waals surface area contributed by atoms with E-state index < -0.39 is 0 Å². The van der Waals surface area contributed by atoms with Gasteiger partial charge in [-0.25, -0.2) is 0 Å². The van der Waals surface area contributed by atoms with Gasteiger partial charge in [-0.3, -0.25) is 11.3 Å².